The van der Waals surface area contributed by atoms with E-state index in [4.69, 9.17) is 11.6 Å². The molecule has 1 aliphatic carbocycles. The van der Waals surface area contributed by atoms with Crippen LogP contribution in [-0.4, -0.2) is 5.78 Å². The van der Waals surface area contributed by atoms with E-state index in [1.54, 1.807) is 0 Å². The summed E-state index contributed by atoms with van der Waals surface area (Å²) in [5.74, 6) is 0.883. The molecule has 0 amide bonds. The van der Waals surface area contributed by atoms with Gasteiger partial charge in [-0.2, -0.15) is 0 Å². The Balaban J connectivity index is 2.21. The van der Waals surface area contributed by atoms with Gasteiger partial charge in [-0.3, -0.25) is 4.79 Å². The Morgan fingerprint density at radius 3 is 2.86 bits per heavy atom. The number of carbonyl (C=O) groups is 1. The molecule has 0 spiro atoms. The van der Waals surface area contributed by atoms with Crippen LogP contribution in [-0.2, 0) is 0 Å². The molecule has 0 saturated heterocycles. The van der Waals surface area contributed by atoms with Crippen molar-refractivity contribution in [2.24, 2.45) is 5.92 Å². The monoisotopic (exact) mass is 208 g/mol. The van der Waals surface area contributed by atoms with Crippen LogP contribution in [0, 0.1) is 12.8 Å². The van der Waals surface area contributed by atoms with Crippen molar-refractivity contribution in [2.45, 2.75) is 26.2 Å². The number of halogens is 1. The van der Waals surface area contributed by atoms with Crippen LogP contribution < -0.4 is 0 Å². The molecule has 1 aliphatic rings. The summed E-state index contributed by atoms with van der Waals surface area (Å²) in [4.78, 5) is 11.8. The number of Topliss-reactive ketones (excluding diaryl/α,β-unsaturated/α-hetero) is 1. The van der Waals surface area contributed by atoms with Gasteiger partial charge in [0.1, 0.15) is 0 Å². The molecule has 0 aromatic heterocycles. The Bertz CT molecular complexity index is 367. The van der Waals surface area contributed by atoms with Crippen molar-refractivity contribution in [3.8, 4) is 0 Å². The van der Waals surface area contributed by atoms with Crippen LogP contribution in [0.1, 0.15) is 35.2 Å². The Morgan fingerprint density at radius 2 is 2.21 bits per heavy atom. The Labute approximate surface area is 89.1 Å². The van der Waals surface area contributed by atoms with Gasteiger partial charge in [-0.25, -0.2) is 0 Å². The lowest BCUT2D eigenvalue weighted by Gasteiger charge is -2.05. The highest BCUT2D eigenvalue weighted by atomic mass is 35.5. The summed E-state index contributed by atoms with van der Waals surface area (Å²) in [7, 11) is 0. The molecule has 2 rings (SSSR count). The molecule has 2 heteroatoms. The quantitative estimate of drug-likeness (QED) is 0.694. The molecular weight excluding hydrogens is 196 g/mol. The van der Waals surface area contributed by atoms with E-state index in [9.17, 15) is 4.79 Å². The van der Waals surface area contributed by atoms with E-state index in [1.807, 2.05) is 25.1 Å². The molecule has 1 saturated carbocycles. The summed E-state index contributed by atoms with van der Waals surface area (Å²) >= 11 is 5.96. The number of hydrogen-bond donors (Lipinski definition) is 0. The molecule has 1 fully saturated rings. The van der Waals surface area contributed by atoms with Gasteiger partial charge in [0.05, 0.1) is 0 Å². The van der Waals surface area contributed by atoms with Crippen molar-refractivity contribution in [3.05, 3.63) is 34.3 Å². The molecular formula is C12H13ClO. The van der Waals surface area contributed by atoms with Crippen molar-refractivity contribution in [1.29, 1.82) is 0 Å². The first-order chi connectivity index (χ1) is 6.68. The van der Waals surface area contributed by atoms with Crippen molar-refractivity contribution >= 4 is 17.4 Å². The van der Waals surface area contributed by atoms with E-state index < -0.39 is 0 Å². The molecule has 0 unspecified atom stereocenters. The summed E-state index contributed by atoms with van der Waals surface area (Å²) in [5.41, 5.74) is 1.71. The van der Waals surface area contributed by atoms with Gasteiger partial charge in [0.2, 0.25) is 0 Å². The van der Waals surface area contributed by atoms with Gasteiger partial charge in [0.15, 0.2) is 5.78 Å². The average Bonchev–Trinajstić information content (AvgIpc) is 2.93. The highest BCUT2D eigenvalue weighted by Gasteiger charge is 2.25. The van der Waals surface area contributed by atoms with Gasteiger partial charge in [-0.05, 0) is 37.3 Å². The molecule has 1 aromatic carbocycles. The number of carbonyl (C=O) groups excluding carboxylic acids is 1. The zero-order valence-corrected chi connectivity index (χ0v) is 8.97. The topological polar surface area (TPSA) is 17.1 Å². The number of ketones is 1. The van der Waals surface area contributed by atoms with Gasteiger partial charge >= 0.3 is 0 Å². The van der Waals surface area contributed by atoms with Gasteiger partial charge in [-0.15, -0.1) is 0 Å². The second-order valence-corrected chi connectivity index (χ2v) is 4.39. The lowest BCUT2D eigenvalue weighted by Crippen LogP contribution is -2.02. The predicted octanol–water partition coefficient (Wildman–Crippen LogP) is 3.63. The van der Waals surface area contributed by atoms with E-state index in [0.717, 1.165) is 11.1 Å². The van der Waals surface area contributed by atoms with Crippen LogP contribution in [0.3, 0.4) is 0 Å². The van der Waals surface area contributed by atoms with Crippen LogP contribution in [0.5, 0.6) is 0 Å². The standard InChI is InChI=1S/C12H13ClO/c1-8-10(3-2-4-11(8)13)12(14)7-9-5-6-9/h2-4,9H,5-7H2,1H3. The fourth-order valence-electron chi connectivity index (χ4n) is 1.60. The minimum Gasteiger partial charge on any atom is -0.294 e. The maximum absolute atomic E-state index is 11.8. The Kier molecular flexibility index (Phi) is 2.60. The molecule has 0 atom stereocenters. The molecule has 0 heterocycles. The maximum Gasteiger partial charge on any atom is 0.163 e. The highest BCUT2D eigenvalue weighted by Crippen LogP contribution is 2.34. The fraction of sp³-hybridized carbons (Fsp3) is 0.417. The van der Waals surface area contributed by atoms with E-state index >= 15 is 0 Å². The third-order valence-electron chi connectivity index (χ3n) is 2.74. The zero-order chi connectivity index (χ0) is 10.1. The third kappa shape index (κ3) is 1.98. The lowest BCUT2D eigenvalue weighted by molar-refractivity contribution is 0.0975. The second-order valence-electron chi connectivity index (χ2n) is 3.98. The smallest absolute Gasteiger partial charge is 0.163 e. The van der Waals surface area contributed by atoms with Crippen LogP contribution in [0.25, 0.3) is 0 Å². The SMILES string of the molecule is Cc1c(Cl)cccc1C(=O)CC1CC1. The van der Waals surface area contributed by atoms with Crippen LogP contribution in [0.4, 0.5) is 0 Å². The van der Waals surface area contributed by atoms with Crippen molar-refractivity contribution < 1.29 is 4.79 Å². The minimum absolute atomic E-state index is 0.243. The van der Waals surface area contributed by atoms with E-state index in [0.29, 0.717) is 17.4 Å². The summed E-state index contributed by atoms with van der Waals surface area (Å²) < 4.78 is 0. The first-order valence-electron chi connectivity index (χ1n) is 4.97. The predicted molar refractivity (Wildman–Crippen MR) is 57.9 cm³/mol. The van der Waals surface area contributed by atoms with Gasteiger partial charge in [0, 0.05) is 17.0 Å². The van der Waals surface area contributed by atoms with Gasteiger partial charge in [-0.1, -0.05) is 23.7 Å². The van der Waals surface area contributed by atoms with Crippen LogP contribution in [0.15, 0.2) is 18.2 Å². The zero-order valence-electron chi connectivity index (χ0n) is 8.22. The minimum atomic E-state index is 0.243. The van der Waals surface area contributed by atoms with Crippen molar-refractivity contribution in [2.75, 3.05) is 0 Å². The first kappa shape index (κ1) is 9.72. The van der Waals surface area contributed by atoms with Crippen LogP contribution >= 0.6 is 11.6 Å². The average molecular weight is 209 g/mol. The second kappa shape index (κ2) is 3.74. The van der Waals surface area contributed by atoms with Crippen molar-refractivity contribution in [3.63, 3.8) is 0 Å². The van der Waals surface area contributed by atoms with E-state index in [-0.39, 0.29) is 5.78 Å². The molecule has 74 valence electrons. The summed E-state index contributed by atoms with van der Waals surface area (Å²) in [5, 5.41) is 0.687. The van der Waals surface area contributed by atoms with Crippen molar-refractivity contribution in [1.82, 2.24) is 0 Å². The molecule has 1 aromatic rings. The van der Waals surface area contributed by atoms with E-state index in [2.05, 4.69) is 0 Å². The number of rotatable bonds is 3. The van der Waals surface area contributed by atoms with Gasteiger partial charge < -0.3 is 0 Å². The highest BCUT2D eigenvalue weighted by molar-refractivity contribution is 6.31. The molecule has 0 aliphatic heterocycles. The first-order valence-corrected chi connectivity index (χ1v) is 5.34. The molecule has 0 N–H and O–H groups in total. The molecule has 0 bridgehead atoms. The van der Waals surface area contributed by atoms with E-state index in [1.165, 1.54) is 12.8 Å². The molecule has 0 radical (unpaired) electrons. The summed E-state index contributed by atoms with van der Waals surface area (Å²) in [6, 6.07) is 5.53. The fourth-order valence-corrected chi connectivity index (χ4v) is 1.78. The van der Waals surface area contributed by atoms with Gasteiger partial charge in [0.25, 0.3) is 0 Å². The third-order valence-corrected chi connectivity index (χ3v) is 3.15. The molecule has 1 nitrogen and oxygen atoms in total. The summed E-state index contributed by atoms with van der Waals surface area (Å²) in [6.45, 7) is 1.91. The lowest BCUT2D eigenvalue weighted by atomic mass is 10.0. The maximum atomic E-state index is 11.8. The van der Waals surface area contributed by atoms with Crippen LogP contribution in [0.2, 0.25) is 5.02 Å². The Morgan fingerprint density at radius 1 is 1.50 bits per heavy atom. The molecule has 14 heavy (non-hydrogen) atoms. The normalized spacial score (nSPS) is 15.6. The Hall–Kier alpha value is -0.820. The number of hydrogen-bond acceptors (Lipinski definition) is 1. The number of benzene rings is 1. The largest absolute Gasteiger partial charge is 0.294 e. The summed E-state index contributed by atoms with van der Waals surface area (Å²) in [6.07, 6.45) is 3.12.